The predicted molar refractivity (Wildman–Crippen MR) is 69.6 cm³/mol. The predicted octanol–water partition coefficient (Wildman–Crippen LogP) is 0.118. The van der Waals surface area contributed by atoms with Crippen molar-refractivity contribution in [2.75, 3.05) is 13.7 Å². The van der Waals surface area contributed by atoms with E-state index in [-0.39, 0.29) is 18.5 Å². The summed E-state index contributed by atoms with van der Waals surface area (Å²) in [4.78, 5) is 21.5. The second-order valence-electron chi connectivity index (χ2n) is 3.75. The Morgan fingerprint density at radius 3 is 2.65 bits per heavy atom. The van der Waals surface area contributed by atoms with Gasteiger partial charge in [0.1, 0.15) is 0 Å². The molecular formula is C11H14N2O6S. The van der Waals surface area contributed by atoms with E-state index in [9.17, 15) is 18.0 Å². The minimum absolute atomic E-state index is 0.00933. The number of ether oxygens (including phenoxy) is 1. The second kappa shape index (κ2) is 6.87. The van der Waals surface area contributed by atoms with Crippen LogP contribution in [0, 0.1) is 0 Å². The molecule has 0 radical (unpaired) electrons. The van der Waals surface area contributed by atoms with E-state index >= 15 is 0 Å². The molecule has 20 heavy (non-hydrogen) atoms. The van der Waals surface area contributed by atoms with Crippen molar-refractivity contribution in [1.29, 1.82) is 0 Å². The summed E-state index contributed by atoms with van der Waals surface area (Å²) in [6.07, 6.45) is -0.811. The van der Waals surface area contributed by atoms with Crippen LogP contribution in [0.2, 0.25) is 0 Å². The number of nitrogens with one attached hydrogen (secondary N) is 2. The van der Waals surface area contributed by atoms with E-state index in [1.54, 1.807) is 16.9 Å². The average Bonchev–Trinajstić information content (AvgIpc) is 2.38. The van der Waals surface area contributed by atoms with Gasteiger partial charge in [0.25, 0.3) is 0 Å². The molecular weight excluding hydrogens is 288 g/mol. The van der Waals surface area contributed by atoms with E-state index in [1.165, 1.54) is 12.1 Å². The number of carbonyl (C=O) groups excluding carboxylic acids is 1. The van der Waals surface area contributed by atoms with Gasteiger partial charge in [0.05, 0.1) is 12.7 Å². The number of aromatic carboxylic acids is 1. The van der Waals surface area contributed by atoms with Crippen LogP contribution >= 0.6 is 0 Å². The van der Waals surface area contributed by atoms with Gasteiger partial charge >= 0.3 is 22.3 Å². The molecule has 0 unspecified atom stereocenters. The summed E-state index contributed by atoms with van der Waals surface area (Å²) >= 11 is 0. The standard InChI is InChI=1S/C11H14N2O6S/c1-19-11(16)13-20(17,18)12-6-5-8-3-2-4-9(7-8)10(14)15/h2-4,7,12H,5-6H2,1H3,(H,13,16)(H,14,15). The molecule has 0 aliphatic heterocycles. The van der Waals surface area contributed by atoms with Crippen molar-refractivity contribution >= 4 is 22.3 Å². The number of benzene rings is 1. The van der Waals surface area contributed by atoms with Crippen molar-refractivity contribution < 1.29 is 27.9 Å². The van der Waals surface area contributed by atoms with Gasteiger partial charge in [0, 0.05) is 6.54 Å². The monoisotopic (exact) mass is 302 g/mol. The summed E-state index contributed by atoms with van der Waals surface area (Å²) in [6.45, 7) is 0.00933. The van der Waals surface area contributed by atoms with E-state index in [4.69, 9.17) is 5.11 Å². The number of carboxylic acid groups (broad SMARTS) is 1. The lowest BCUT2D eigenvalue weighted by molar-refractivity contribution is 0.0696. The molecule has 1 amide bonds. The Hall–Kier alpha value is -2.13. The van der Waals surface area contributed by atoms with Gasteiger partial charge in [0.2, 0.25) is 0 Å². The number of methoxy groups -OCH3 is 1. The Balaban J connectivity index is 2.54. The number of hydrogen-bond acceptors (Lipinski definition) is 5. The fourth-order valence-electron chi connectivity index (χ4n) is 1.38. The lowest BCUT2D eigenvalue weighted by atomic mass is 10.1. The number of carbonyl (C=O) groups is 2. The second-order valence-corrected chi connectivity index (χ2v) is 5.25. The molecule has 0 fully saturated rings. The fourth-order valence-corrected chi connectivity index (χ4v) is 2.12. The summed E-state index contributed by atoms with van der Waals surface area (Å²) in [5.74, 6) is -1.06. The topological polar surface area (TPSA) is 122 Å². The van der Waals surface area contributed by atoms with E-state index in [1.807, 2.05) is 0 Å². The molecule has 1 aromatic rings. The normalized spacial score (nSPS) is 10.8. The zero-order valence-corrected chi connectivity index (χ0v) is 11.4. The Labute approximate surface area is 115 Å². The van der Waals surface area contributed by atoms with Crippen molar-refractivity contribution in [2.45, 2.75) is 6.42 Å². The molecule has 110 valence electrons. The Kier molecular flexibility index (Phi) is 5.47. The Morgan fingerprint density at radius 2 is 2.05 bits per heavy atom. The van der Waals surface area contributed by atoms with Gasteiger partial charge in [-0.3, -0.25) is 0 Å². The molecule has 1 aromatic carbocycles. The van der Waals surface area contributed by atoms with Crippen LogP contribution in [-0.4, -0.2) is 39.2 Å². The van der Waals surface area contributed by atoms with Gasteiger partial charge in [-0.15, -0.1) is 0 Å². The van der Waals surface area contributed by atoms with Gasteiger partial charge < -0.3 is 9.84 Å². The first-order chi connectivity index (χ1) is 9.34. The number of hydrogen-bond donors (Lipinski definition) is 3. The zero-order valence-electron chi connectivity index (χ0n) is 10.6. The lowest BCUT2D eigenvalue weighted by Crippen LogP contribution is -2.40. The van der Waals surface area contributed by atoms with Crippen molar-refractivity contribution in [3.63, 3.8) is 0 Å². The third-order valence-corrected chi connectivity index (χ3v) is 3.30. The van der Waals surface area contributed by atoms with Crippen LogP contribution in [0.5, 0.6) is 0 Å². The van der Waals surface area contributed by atoms with Gasteiger partial charge in [-0.2, -0.15) is 13.1 Å². The SMILES string of the molecule is COC(=O)NS(=O)(=O)NCCc1cccc(C(=O)O)c1. The van der Waals surface area contributed by atoms with Gasteiger partial charge in [-0.1, -0.05) is 12.1 Å². The van der Waals surface area contributed by atoms with E-state index in [0.29, 0.717) is 5.56 Å². The van der Waals surface area contributed by atoms with E-state index < -0.39 is 22.3 Å². The largest absolute Gasteiger partial charge is 0.478 e. The third-order valence-electron chi connectivity index (χ3n) is 2.28. The molecule has 0 atom stereocenters. The Bertz CT molecular complexity index is 599. The maximum atomic E-state index is 11.3. The first kappa shape index (κ1) is 15.9. The highest BCUT2D eigenvalue weighted by molar-refractivity contribution is 7.88. The van der Waals surface area contributed by atoms with E-state index in [0.717, 1.165) is 7.11 Å². The summed E-state index contributed by atoms with van der Waals surface area (Å²) in [5, 5.41) is 8.82. The average molecular weight is 302 g/mol. The van der Waals surface area contributed by atoms with Crippen molar-refractivity contribution in [3.8, 4) is 0 Å². The van der Waals surface area contributed by atoms with Crippen molar-refractivity contribution in [2.24, 2.45) is 0 Å². The molecule has 0 aliphatic rings. The van der Waals surface area contributed by atoms with Crippen LogP contribution in [0.1, 0.15) is 15.9 Å². The van der Waals surface area contributed by atoms with Crippen LogP contribution in [0.25, 0.3) is 0 Å². The number of amides is 1. The molecule has 0 aliphatic carbocycles. The number of rotatable bonds is 6. The van der Waals surface area contributed by atoms with E-state index in [2.05, 4.69) is 9.46 Å². The first-order valence-corrected chi connectivity index (χ1v) is 7.00. The summed E-state index contributed by atoms with van der Waals surface area (Å²) in [5.41, 5.74) is 0.781. The summed E-state index contributed by atoms with van der Waals surface area (Å²) in [7, 11) is -2.94. The van der Waals surface area contributed by atoms with Crippen LogP contribution in [-0.2, 0) is 21.4 Å². The fraction of sp³-hybridized carbons (Fsp3) is 0.273. The first-order valence-electron chi connectivity index (χ1n) is 5.51. The van der Waals surface area contributed by atoms with Crippen LogP contribution in [0.4, 0.5) is 4.79 Å². The van der Waals surface area contributed by atoms with Crippen LogP contribution < -0.4 is 9.44 Å². The molecule has 0 saturated carbocycles. The number of carboxylic acids is 1. The highest BCUT2D eigenvalue weighted by Gasteiger charge is 2.13. The molecule has 3 N–H and O–H groups in total. The molecule has 9 heteroatoms. The quantitative estimate of drug-likeness (QED) is 0.686. The summed E-state index contributed by atoms with van der Waals surface area (Å²) < 4.78 is 30.6. The maximum absolute atomic E-state index is 11.3. The van der Waals surface area contributed by atoms with Crippen LogP contribution in [0.3, 0.4) is 0 Å². The van der Waals surface area contributed by atoms with Gasteiger partial charge in [0.15, 0.2) is 0 Å². The maximum Gasteiger partial charge on any atom is 0.421 e. The minimum atomic E-state index is -3.98. The summed E-state index contributed by atoms with van der Waals surface area (Å²) in [6, 6.07) is 6.13. The zero-order chi connectivity index (χ0) is 15.2. The smallest absolute Gasteiger partial charge is 0.421 e. The highest BCUT2D eigenvalue weighted by atomic mass is 32.2. The minimum Gasteiger partial charge on any atom is -0.478 e. The lowest BCUT2D eigenvalue weighted by Gasteiger charge is -2.07. The Morgan fingerprint density at radius 1 is 1.35 bits per heavy atom. The van der Waals surface area contributed by atoms with Crippen molar-refractivity contribution in [1.82, 2.24) is 9.44 Å². The van der Waals surface area contributed by atoms with Gasteiger partial charge in [-0.05, 0) is 24.1 Å². The highest BCUT2D eigenvalue weighted by Crippen LogP contribution is 2.05. The molecule has 8 nitrogen and oxygen atoms in total. The molecule has 0 saturated heterocycles. The van der Waals surface area contributed by atoms with Crippen molar-refractivity contribution in [3.05, 3.63) is 35.4 Å². The molecule has 0 heterocycles. The molecule has 0 bridgehead atoms. The third kappa shape index (κ3) is 5.24. The molecule has 0 spiro atoms. The van der Waals surface area contributed by atoms with Crippen LogP contribution in [0.15, 0.2) is 24.3 Å². The molecule has 0 aromatic heterocycles. The molecule has 1 rings (SSSR count). The van der Waals surface area contributed by atoms with Gasteiger partial charge in [-0.25, -0.2) is 14.3 Å².